The van der Waals surface area contributed by atoms with Crippen LogP contribution in [0.1, 0.15) is 37.7 Å². The molecule has 0 fully saturated rings. The third kappa shape index (κ3) is 3.96. The number of aliphatic imine (C=N–C) groups is 1. The summed E-state index contributed by atoms with van der Waals surface area (Å²) < 4.78 is 5.48. The molecule has 2 heterocycles. The molecule has 0 aliphatic heterocycles. The van der Waals surface area contributed by atoms with Crippen LogP contribution in [-0.4, -0.2) is 26.6 Å². The second-order valence-electron chi connectivity index (χ2n) is 7.22. The molecule has 0 unspecified atom stereocenters. The van der Waals surface area contributed by atoms with E-state index in [4.69, 9.17) is 16.0 Å². The van der Waals surface area contributed by atoms with Gasteiger partial charge in [-0.2, -0.15) is 10.1 Å². The maximum atomic E-state index is 5.74. The number of hydrogen-bond donors (Lipinski definition) is 3. The molecular formula is C21H25N7O. The van der Waals surface area contributed by atoms with Crippen LogP contribution in [-0.2, 0) is 5.41 Å². The van der Waals surface area contributed by atoms with Crippen LogP contribution in [0.4, 0.5) is 0 Å². The minimum atomic E-state index is -0.448. The topological polar surface area (TPSA) is 132 Å². The first-order valence-electron chi connectivity index (χ1n) is 9.20. The van der Waals surface area contributed by atoms with Gasteiger partial charge in [0.15, 0.2) is 5.82 Å². The van der Waals surface area contributed by atoms with Crippen LogP contribution in [0.25, 0.3) is 17.0 Å². The molecule has 29 heavy (non-hydrogen) atoms. The molecule has 3 aromatic rings. The van der Waals surface area contributed by atoms with Gasteiger partial charge in [-0.05, 0) is 24.0 Å². The number of aromatic nitrogens is 4. The number of hydrogen-bond acceptors (Lipinski definition) is 7. The number of allylic oxidation sites excluding steroid dienone is 1. The number of aromatic amines is 1. The molecule has 0 spiro atoms. The van der Waals surface area contributed by atoms with Crippen LogP contribution in [0.15, 0.2) is 64.8 Å². The second-order valence-corrected chi connectivity index (χ2v) is 7.22. The van der Waals surface area contributed by atoms with Crippen LogP contribution >= 0.6 is 0 Å². The number of nitrogens with two attached hydrogens (primary N) is 2. The van der Waals surface area contributed by atoms with E-state index in [1.807, 2.05) is 24.3 Å². The Morgan fingerprint density at radius 3 is 2.59 bits per heavy atom. The summed E-state index contributed by atoms with van der Waals surface area (Å²) >= 11 is 0. The largest absolute Gasteiger partial charge is 0.404 e. The van der Waals surface area contributed by atoms with Crippen molar-refractivity contribution in [2.45, 2.75) is 26.2 Å². The van der Waals surface area contributed by atoms with Gasteiger partial charge in [0, 0.05) is 24.2 Å². The maximum Gasteiger partial charge on any atom is 0.261 e. The van der Waals surface area contributed by atoms with E-state index in [1.54, 1.807) is 18.6 Å². The van der Waals surface area contributed by atoms with Gasteiger partial charge in [0.05, 0.1) is 17.2 Å². The molecular weight excluding hydrogens is 366 g/mol. The van der Waals surface area contributed by atoms with E-state index in [0.717, 1.165) is 22.3 Å². The van der Waals surface area contributed by atoms with Crippen molar-refractivity contribution in [2.24, 2.45) is 22.4 Å². The zero-order chi connectivity index (χ0) is 21.0. The van der Waals surface area contributed by atoms with Gasteiger partial charge in [-0.25, -0.2) is 4.99 Å². The normalized spacial score (nSPS) is 14.4. The average Bonchev–Trinajstić information content (AvgIpc) is 3.39. The van der Waals surface area contributed by atoms with Gasteiger partial charge in [0.2, 0.25) is 0 Å². The molecule has 5 N–H and O–H groups in total. The number of nitrogens with one attached hydrogen (secondary N) is 1. The molecule has 0 bridgehead atoms. The van der Waals surface area contributed by atoms with Crippen molar-refractivity contribution >= 4 is 11.8 Å². The number of H-pyrrole nitrogens is 1. The molecule has 0 saturated heterocycles. The van der Waals surface area contributed by atoms with Crippen molar-refractivity contribution in [1.29, 1.82) is 0 Å². The van der Waals surface area contributed by atoms with Gasteiger partial charge in [0.1, 0.15) is 5.82 Å². The van der Waals surface area contributed by atoms with E-state index in [9.17, 15) is 0 Å². The molecule has 0 aliphatic rings. The molecule has 1 aromatic carbocycles. The van der Waals surface area contributed by atoms with E-state index in [-0.39, 0.29) is 11.7 Å². The van der Waals surface area contributed by atoms with Gasteiger partial charge >= 0.3 is 0 Å². The number of nitrogens with zero attached hydrogens (tertiary/aromatic N) is 4. The highest BCUT2D eigenvalue weighted by Crippen LogP contribution is 2.38. The summed E-state index contributed by atoms with van der Waals surface area (Å²) in [5.74, 6) is 1.49. The summed E-state index contributed by atoms with van der Waals surface area (Å²) in [7, 11) is 0. The third-order valence-corrected chi connectivity index (χ3v) is 5.16. The molecule has 150 valence electrons. The Morgan fingerprint density at radius 1 is 1.31 bits per heavy atom. The fourth-order valence-corrected chi connectivity index (χ4v) is 3.02. The third-order valence-electron chi connectivity index (χ3n) is 5.16. The zero-order valence-corrected chi connectivity index (χ0v) is 16.8. The quantitative estimate of drug-likeness (QED) is 0.530. The van der Waals surface area contributed by atoms with E-state index in [2.05, 4.69) is 52.7 Å². The van der Waals surface area contributed by atoms with Crippen molar-refractivity contribution in [3.8, 4) is 11.5 Å². The lowest BCUT2D eigenvalue weighted by molar-refractivity contribution is 0.351. The molecule has 8 nitrogen and oxygen atoms in total. The lowest BCUT2D eigenvalue weighted by atomic mass is 9.72. The number of benzene rings is 1. The van der Waals surface area contributed by atoms with Crippen LogP contribution < -0.4 is 11.5 Å². The van der Waals surface area contributed by atoms with Crippen molar-refractivity contribution < 1.29 is 4.52 Å². The van der Waals surface area contributed by atoms with Crippen LogP contribution in [0.5, 0.6) is 0 Å². The Hall–Kier alpha value is -3.68. The van der Waals surface area contributed by atoms with Crippen LogP contribution in [0.2, 0.25) is 0 Å². The summed E-state index contributed by atoms with van der Waals surface area (Å²) in [6.45, 7) is 9.93. The van der Waals surface area contributed by atoms with E-state index in [1.165, 1.54) is 6.20 Å². The van der Waals surface area contributed by atoms with E-state index < -0.39 is 5.41 Å². The van der Waals surface area contributed by atoms with Crippen molar-refractivity contribution in [1.82, 2.24) is 20.3 Å². The lowest BCUT2D eigenvalue weighted by Crippen LogP contribution is -2.31. The highest BCUT2D eigenvalue weighted by molar-refractivity contribution is 6.09. The van der Waals surface area contributed by atoms with Crippen LogP contribution in [0.3, 0.4) is 0 Å². The van der Waals surface area contributed by atoms with Crippen molar-refractivity contribution in [3.05, 3.63) is 72.2 Å². The minimum Gasteiger partial charge on any atom is -0.404 e. The Morgan fingerprint density at radius 2 is 2.03 bits per heavy atom. The average molecular weight is 391 g/mol. The Labute approximate surface area is 169 Å². The van der Waals surface area contributed by atoms with Gasteiger partial charge in [-0.15, -0.1) is 0 Å². The van der Waals surface area contributed by atoms with Gasteiger partial charge in [0.25, 0.3) is 5.89 Å². The van der Waals surface area contributed by atoms with E-state index >= 15 is 0 Å². The molecule has 1 atom stereocenters. The summed E-state index contributed by atoms with van der Waals surface area (Å²) in [5.41, 5.74) is 14.3. The molecule has 0 aliphatic carbocycles. The molecule has 0 saturated carbocycles. The summed E-state index contributed by atoms with van der Waals surface area (Å²) in [6.07, 6.45) is 6.45. The van der Waals surface area contributed by atoms with Gasteiger partial charge in [-0.3, -0.25) is 5.10 Å². The minimum absolute atomic E-state index is 0.217. The predicted molar refractivity (Wildman–Crippen MR) is 114 cm³/mol. The maximum absolute atomic E-state index is 5.74. The van der Waals surface area contributed by atoms with Gasteiger partial charge in [-0.1, -0.05) is 49.8 Å². The van der Waals surface area contributed by atoms with Gasteiger partial charge < -0.3 is 16.0 Å². The van der Waals surface area contributed by atoms with Crippen molar-refractivity contribution in [2.75, 3.05) is 0 Å². The predicted octanol–water partition coefficient (Wildman–Crippen LogP) is 3.22. The fourth-order valence-electron chi connectivity index (χ4n) is 3.02. The Bertz CT molecular complexity index is 1030. The SMILES string of the molecule is C=C(N)/N=C\C(=C/N)c1ccc([C@@](C)(c2noc(-c3cn[nH]c3)n2)C(C)C)cc1. The molecule has 3 rings (SSSR count). The monoisotopic (exact) mass is 391 g/mol. The van der Waals surface area contributed by atoms with E-state index in [0.29, 0.717) is 11.7 Å². The zero-order valence-electron chi connectivity index (χ0n) is 16.8. The Kier molecular flexibility index (Phi) is 5.63. The molecule has 0 radical (unpaired) electrons. The molecule has 8 heteroatoms. The summed E-state index contributed by atoms with van der Waals surface area (Å²) in [5, 5.41) is 10.9. The van der Waals surface area contributed by atoms with Crippen molar-refractivity contribution in [3.63, 3.8) is 0 Å². The summed E-state index contributed by atoms with van der Waals surface area (Å²) in [6, 6.07) is 8.05. The molecule has 0 amide bonds. The molecule has 2 aromatic heterocycles. The standard InChI is InChI=1S/C21H25N7O/c1-13(2)21(4,20-27-19(29-28-20)17-11-25-26-12-17)18-7-5-15(6-8-18)16(9-22)10-24-14(3)23/h5-13H,3,22-23H2,1-2,4H3,(H,25,26)/b16-9+,24-10-/t21-/m0/s1. The number of rotatable bonds is 7. The smallest absolute Gasteiger partial charge is 0.261 e. The summed E-state index contributed by atoms with van der Waals surface area (Å²) in [4.78, 5) is 8.65. The first kappa shape index (κ1) is 20.1. The highest BCUT2D eigenvalue weighted by atomic mass is 16.5. The first-order chi connectivity index (χ1) is 13.9. The Balaban J connectivity index is 1.96. The lowest BCUT2D eigenvalue weighted by Gasteiger charge is -2.31. The first-order valence-corrected chi connectivity index (χ1v) is 9.20. The highest BCUT2D eigenvalue weighted by Gasteiger charge is 2.37. The fraction of sp³-hybridized carbons (Fsp3) is 0.238. The second kappa shape index (κ2) is 8.14. The van der Waals surface area contributed by atoms with Crippen LogP contribution in [0, 0.1) is 5.92 Å².